The molecule has 0 aliphatic carbocycles. The first-order valence-corrected chi connectivity index (χ1v) is 5.93. The van der Waals surface area contributed by atoms with Gasteiger partial charge in [0.25, 0.3) is 0 Å². The number of carbonyl (C=O) groups excluding carboxylic acids is 1. The van der Waals surface area contributed by atoms with Crippen LogP contribution in [0.4, 0.5) is 0 Å². The van der Waals surface area contributed by atoms with E-state index in [1.807, 2.05) is 18.1 Å². The number of nitrogens with zero attached hydrogens (tertiary/aromatic N) is 1. The normalized spacial score (nSPS) is 19.7. The Bertz CT molecular complexity index is 155. The molecule has 0 radical (unpaired) electrons. The van der Waals surface area contributed by atoms with Gasteiger partial charge in [0.05, 0.1) is 0 Å². The van der Waals surface area contributed by atoms with E-state index in [1.165, 1.54) is 12.8 Å². The molecule has 12 heavy (non-hydrogen) atoms. The highest BCUT2D eigenvalue weighted by Gasteiger charge is 2.22. The van der Waals surface area contributed by atoms with Gasteiger partial charge in [0.1, 0.15) is 0 Å². The lowest BCUT2D eigenvalue weighted by molar-refractivity contribution is -0.133. The number of amides is 1. The molecule has 0 bridgehead atoms. The molecule has 0 aromatic heterocycles. The minimum Gasteiger partial charge on any atom is -0.342 e. The largest absolute Gasteiger partial charge is 0.342 e. The molecule has 1 unspecified atom stereocenters. The van der Waals surface area contributed by atoms with Crippen LogP contribution in [0.15, 0.2) is 0 Å². The highest BCUT2D eigenvalue weighted by molar-refractivity contribution is 7.98. The molecular formula is C9H17NOS. The Kier molecular flexibility index (Phi) is 3.92. The van der Waals surface area contributed by atoms with Crippen molar-refractivity contribution < 1.29 is 4.79 Å². The molecule has 1 fully saturated rings. The van der Waals surface area contributed by atoms with Gasteiger partial charge in [0.15, 0.2) is 0 Å². The van der Waals surface area contributed by atoms with Crippen LogP contribution < -0.4 is 0 Å². The second-order valence-electron chi connectivity index (χ2n) is 3.39. The maximum Gasteiger partial charge on any atom is 0.226 e. The third-order valence-corrected chi connectivity index (χ3v) is 3.09. The molecule has 0 saturated carbocycles. The summed E-state index contributed by atoms with van der Waals surface area (Å²) in [5.74, 6) is 1.51. The Morgan fingerprint density at radius 2 is 2.08 bits per heavy atom. The second-order valence-corrected chi connectivity index (χ2v) is 4.30. The molecule has 1 aliphatic rings. The standard InChI is InChI=1S/C9H17NOS/c1-8(7-12-2)9(11)10-5-3-4-6-10/h8H,3-7H2,1-2H3. The smallest absolute Gasteiger partial charge is 0.226 e. The highest BCUT2D eigenvalue weighted by atomic mass is 32.2. The lowest BCUT2D eigenvalue weighted by Crippen LogP contribution is -2.33. The lowest BCUT2D eigenvalue weighted by atomic mass is 10.2. The van der Waals surface area contributed by atoms with E-state index in [2.05, 4.69) is 0 Å². The zero-order chi connectivity index (χ0) is 8.97. The summed E-state index contributed by atoms with van der Waals surface area (Å²) in [6.45, 7) is 3.99. The van der Waals surface area contributed by atoms with Gasteiger partial charge in [-0.2, -0.15) is 11.8 Å². The molecule has 1 amide bonds. The number of rotatable bonds is 3. The topological polar surface area (TPSA) is 20.3 Å². The summed E-state index contributed by atoms with van der Waals surface area (Å²) in [7, 11) is 0. The summed E-state index contributed by atoms with van der Waals surface area (Å²) >= 11 is 1.75. The fraction of sp³-hybridized carbons (Fsp3) is 0.889. The van der Waals surface area contributed by atoms with Crippen LogP contribution in [-0.2, 0) is 4.79 Å². The molecule has 2 nitrogen and oxygen atoms in total. The Morgan fingerprint density at radius 3 is 2.58 bits per heavy atom. The molecule has 0 aromatic carbocycles. The van der Waals surface area contributed by atoms with Gasteiger partial charge in [0, 0.05) is 24.8 Å². The molecule has 1 saturated heterocycles. The average molecular weight is 187 g/mol. The first kappa shape index (κ1) is 9.90. The van der Waals surface area contributed by atoms with Crippen molar-refractivity contribution in [3.05, 3.63) is 0 Å². The third-order valence-electron chi connectivity index (χ3n) is 2.26. The summed E-state index contributed by atoms with van der Waals surface area (Å²) in [4.78, 5) is 13.6. The SMILES string of the molecule is CSCC(C)C(=O)N1CCCC1. The van der Waals surface area contributed by atoms with Crippen molar-refractivity contribution in [2.45, 2.75) is 19.8 Å². The van der Waals surface area contributed by atoms with Crippen LogP contribution in [0.1, 0.15) is 19.8 Å². The highest BCUT2D eigenvalue weighted by Crippen LogP contribution is 2.14. The minimum absolute atomic E-state index is 0.207. The molecular weight excluding hydrogens is 170 g/mol. The molecule has 1 atom stereocenters. The van der Waals surface area contributed by atoms with E-state index in [0.29, 0.717) is 5.91 Å². The summed E-state index contributed by atoms with van der Waals surface area (Å²) < 4.78 is 0. The van der Waals surface area contributed by atoms with Gasteiger partial charge in [0.2, 0.25) is 5.91 Å². The van der Waals surface area contributed by atoms with Gasteiger partial charge >= 0.3 is 0 Å². The van der Waals surface area contributed by atoms with Crippen LogP contribution >= 0.6 is 11.8 Å². The van der Waals surface area contributed by atoms with E-state index in [4.69, 9.17) is 0 Å². The van der Waals surface area contributed by atoms with Crippen molar-refractivity contribution in [1.29, 1.82) is 0 Å². The number of thioether (sulfide) groups is 1. The van der Waals surface area contributed by atoms with E-state index in [1.54, 1.807) is 11.8 Å². The summed E-state index contributed by atoms with van der Waals surface area (Å²) in [6.07, 6.45) is 4.43. The predicted molar refractivity (Wildman–Crippen MR) is 53.4 cm³/mol. The van der Waals surface area contributed by atoms with Gasteiger partial charge < -0.3 is 4.90 Å². The average Bonchev–Trinajstić information content (AvgIpc) is 2.55. The first-order valence-electron chi connectivity index (χ1n) is 4.53. The Hall–Kier alpha value is -0.180. The van der Waals surface area contributed by atoms with E-state index in [-0.39, 0.29) is 5.92 Å². The fourth-order valence-corrected chi connectivity index (χ4v) is 2.21. The van der Waals surface area contributed by atoms with Crippen molar-refractivity contribution in [1.82, 2.24) is 4.90 Å². The van der Waals surface area contributed by atoms with Gasteiger partial charge in [-0.1, -0.05) is 6.92 Å². The number of hydrogen-bond donors (Lipinski definition) is 0. The Labute approximate surface area is 78.7 Å². The van der Waals surface area contributed by atoms with Crippen molar-refractivity contribution in [3.63, 3.8) is 0 Å². The van der Waals surface area contributed by atoms with E-state index in [9.17, 15) is 4.79 Å². The monoisotopic (exact) mass is 187 g/mol. The van der Waals surface area contributed by atoms with E-state index >= 15 is 0 Å². The second kappa shape index (κ2) is 4.75. The molecule has 1 aliphatic heterocycles. The van der Waals surface area contributed by atoms with E-state index < -0.39 is 0 Å². The number of likely N-dealkylation sites (tertiary alicyclic amines) is 1. The van der Waals surface area contributed by atoms with Gasteiger partial charge in [-0.3, -0.25) is 4.79 Å². The van der Waals surface area contributed by atoms with Gasteiger partial charge in [-0.05, 0) is 19.1 Å². The van der Waals surface area contributed by atoms with Crippen LogP contribution in [0.3, 0.4) is 0 Å². The molecule has 70 valence electrons. The number of carbonyl (C=O) groups is 1. The van der Waals surface area contributed by atoms with Gasteiger partial charge in [-0.15, -0.1) is 0 Å². The summed E-state index contributed by atoms with van der Waals surface area (Å²) in [6, 6.07) is 0. The Morgan fingerprint density at radius 1 is 1.50 bits per heavy atom. The summed E-state index contributed by atoms with van der Waals surface area (Å²) in [5.41, 5.74) is 0. The molecule has 1 heterocycles. The Balaban J connectivity index is 2.34. The number of hydrogen-bond acceptors (Lipinski definition) is 2. The zero-order valence-corrected chi connectivity index (χ0v) is 8.69. The fourth-order valence-electron chi connectivity index (χ4n) is 1.57. The van der Waals surface area contributed by atoms with Crippen LogP contribution in [0.5, 0.6) is 0 Å². The van der Waals surface area contributed by atoms with Gasteiger partial charge in [-0.25, -0.2) is 0 Å². The van der Waals surface area contributed by atoms with Crippen molar-refractivity contribution in [2.75, 3.05) is 25.1 Å². The van der Waals surface area contributed by atoms with Crippen LogP contribution in [0.2, 0.25) is 0 Å². The maximum absolute atomic E-state index is 11.6. The molecule has 0 spiro atoms. The van der Waals surface area contributed by atoms with Crippen molar-refractivity contribution in [3.8, 4) is 0 Å². The molecule has 0 aromatic rings. The van der Waals surface area contributed by atoms with Crippen LogP contribution in [-0.4, -0.2) is 35.9 Å². The molecule has 0 N–H and O–H groups in total. The third kappa shape index (κ3) is 2.41. The van der Waals surface area contributed by atoms with Crippen molar-refractivity contribution in [2.24, 2.45) is 5.92 Å². The quantitative estimate of drug-likeness (QED) is 0.669. The molecule has 1 rings (SSSR count). The first-order chi connectivity index (χ1) is 5.75. The predicted octanol–water partition coefficient (Wildman–Crippen LogP) is 1.61. The lowest BCUT2D eigenvalue weighted by Gasteiger charge is -2.19. The molecule has 3 heteroatoms. The van der Waals surface area contributed by atoms with Crippen molar-refractivity contribution >= 4 is 17.7 Å². The van der Waals surface area contributed by atoms with Crippen LogP contribution in [0, 0.1) is 5.92 Å². The van der Waals surface area contributed by atoms with Crippen LogP contribution in [0.25, 0.3) is 0 Å². The summed E-state index contributed by atoms with van der Waals surface area (Å²) in [5, 5.41) is 0. The van der Waals surface area contributed by atoms with E-state index in [0.717, 1.165) is 18.8 Å². The maximum atomic E-state index is 11.6. The minimum atomic E-state index is 0.207. The zero-order valence-electron chi connectivity index (χ0n) is 7.88.